The number of aromatic nitrogens is 2. The van der Waals surface area contributed by atoms with Crippen molar-refractivity contribution in [1.29, 1.82) is 0 Å². The zero-order valence-corrected chi connectivity index (χ0v) is 10.8. The van der Waals surface area contributed by atoms with Gasteiger partial charge in [0.25, 0.3) is 0 Å². The van der Waals surface area contributed by atoms with Gasteiger partial charge in [0.1, 0.15) is 11.5 Å². The number of aromatic amines is 1. The minimum atomic E-state index is 0.707. The van der Waals surface area contributed by atoms with Crippen molar-refractivity contribution in [2.24, 2.45) is 0 Å². The Labute approximate surface area is 106 Å². The lowest BCUT2D eigenvalue weighted by atomic mass is 10.2. The average Bonchev–Trinajstić information content (AvgIpc) is 2.81. The Morgan fingerprint density at radius 2 is 1.83 bits per heavy atom. The molecule has 1 heterocycles. The number of ether oxygens (including phenoxy) is 2. The van der Waals surface area contributed by atoms with E-state index >= 15 is 0 Å². The molecule has 5 heteroatoms. The second-order valence-electron chi connectivity index (χ2n) is 3.98. The van der Waals surface area contributed by atoms with Crippen LogP contribution in [0.25, 0.3) is 0 Å². The van der Waals surface area contributed by atoms with Gasteiger partial charge >= 0.3 is 0 Å². The van der Waals surface area contributed by atoms with Crippen LogP contribution in [0.5, 0.6) is 11.5 Å². The molecule has 0 aliphatic heterocycles. The van der Waals surface area contributed by atoms with Crippen LogP contribution in [0.4, 0.5) is 5.69 Å². The molecule has 2 aromatic rings. The van der Waals surface area contributed by atoms with E-state index in [1.807, 2.05) is 31.3 Å². The van der Waals surface area contributed by atoms with E-state index in [0.29, 0.717) is 6.54 Å². The van der Waals surface area contributed by atoms with Gasteiger partial charge in [0.05, 0.1) is 20.4 Å². The first-order valence-corrected chi connectivity index (χ1v) is 5.68. The van der Waals surface area contributed by atoms with E-state index in [-0.39, 0.29) is 0 Å². The van der Waals surface area contributed by atoms with Gasteiger partial charge in [-0.2, -0.15) is 5.10 Å². The van der Waals surface area contributed by atoms with Gasteiger partial charge in [-0.1, -0.05) is 0 Å². The molecular formula is C13H17N3O2. The maximum atomic E-state index is 5.22. The number of nitrogens with one attached hydrogen (secondary N) is 2. The van der Waals surface area contributed by atoms with Crippen LogP contribution in [-0.4, -0.2) is 24.4 Å². The molecule has 0 saturated heterocycles. The van der Waals surface area contributed by atoms with Gasteiger partial charge in [-0.25, -0.2) is 0 Å². The fourth-order valence-corrected chi connectivity index (χ4v) is 1.66. The van der Waals surface area contributed by atoms with Gasteiger partial charge < -0.3 is 14.8 Å². The SMILES string of the molecule is COc1cc(NCc2cn[nH]c2C)cc(OC)c1. The Morgan fingerprint density at radius 3 is 2.33 bits per heavy atom. The number of aryl methyl sites for hydroxylation is 1. The zero-order chi connectivity index (χ0) is 13.0. The summed E-state index contributed by atoms with van der Waals surface area (Å²) in [6, 6.07) is 5.70. The van der Waals surface area contributed by atoms with Crippen LogP contribution < -0.4 is 14.8 Å². The molecule has 1 aromatic carbocycles. The Morgan fingerprint density at radius 1 is 1.17 bits per heavy atom. The van der Waals surface area contributed by atoms with E-state index in [2.05, 4.69) is 15.5 Å². The number of nitrogens with zero attached hydrogens (tertiary/aromatic N) is 1. The summed E-state index contributed by atoms with van der Waals surface area (Å²) in [7, 11) is 3.28. The smallest absolute Gasteiger partial charge is 0.124 e. The molecule has 0 aliphatic carbocycles. The normalized spacial score (nSPS) is 10.2. The Hall–Kier alpha value is -2.17. The third-order valence-corrected chi connectivity index (χ3v) is 2.77. The van der Waals surface area contributed by atoms with Crippen molar-refractivity contribution in [3.05, 3.63) is 35.7 Å². The molecule has 0 radical (unpaired) electrons. The monoisotopic (exact) mass is 247 g/mol. The van der Waals surface area contributed by atoms with Crippen molar-refractivity contribution in [2.75, 3.05) is 19.5 Å². The summed E-state index contributed by atoms with van der Waals surface area (Å²) >= 11 is 0. The van der Waals surface area contributed by atoms with Crippen molar-refractivity contribution in [3.63, 3.8) is 0 Å². The molecule has 18 heavy (non-hydrogen) atoms. The average molecular weight is 247 g/mol. The molecule has 96 valence electrons. The van der Waals surface area contributed by atoms with Gasteiger partial charge in [-0.15, -0.1) is 0 Å². The highest BCUT2D eigenvalue weighted by molar-refractivity contribution is 5.54. The summed E-state index contributed by atoms with van der Waals surface area (Å²) in [6.07, 6.45) is 1.82. The summed E-state index contributed by atoms with van der Waals surface area (Å²) in [6.45, 7) is 2.70. The van der Waals surface area contributed by atoms with Crippen molar-refractivity contribution in [3.8, 4) is 11.5 Å². The number of methoxy groups -OCH3 is 2. The molecule has 0 saturated carbocycles. The third kappa shape index (κ3) is 2.74. The lowest BCUT2D eigenvalue weighted by molar-refractivity contribution is 0.394. The summed E-state index contributed by atoms with van der Waals surface area (Å²) in [5.41, 5.74) is 3.15. The summed E-state index contributed by atoms with van der Waals surface area (Å²) in [5.74, 6) is 1.53. The van der Waals surface area contributed by atoms with E-state index in [1.165, 1.54) is 0 Å². The van der Waals surface area contributed by atoms with Gasteiger partial charge in [0.2, 0.25) is 0 Å². The molecule has 2 rings (SSSR count). The molecule has 1 aromatic heterocycles. The molecule has 0 aliphatic rings. The molecule has 5 nitrogen and oxygen atoms in total. The first-order chi connectivity index (χ1) is 8.72. The minimum absolute atomic E-state index is 0.707. The Bertz CT molecular complexity index is 500. The van der Waals surface area contributed by atoms with Crippen LogP contribution in [0.15, 0.2) is 24.4 Å². The number of benzene rings is 1. The fourth-order valence-electron chi connectivity index (χ4n) is 1.66. The van der Waals surface area contributed by atoms with Gasteiger partial charge in [0, 0.05) is 41.7 Å². The van der Waals surface area contributed by atoms with Crippen molar-refractivity contribution in [2.45, 2.75) is 13.5 Å². The number of rotatable bonds is 5. The van der Waals surface area contributed by atoms with Gasteiger partial charge in [-0.3, -0.25) is 5.10 Å². The predicted molar refractivity (Wildman–Crippen MR) is 70.2 cm³/mol. The van der Waals surface area contributed by atoms with Crippen LogP contribution in [0.3, 0.4) is 0 Å². The predicted octanol–water partition coefficient (Wildman–Crippen LogP) is 2.35. The maximum Gasteiger partial charge on any atom is 0.124 e. The highest BCUT2D eigenvalue weighted by atomic mass is 16.5. The molecule has 0 atom stereocenters. The molecule has 0 unspecified atom stereocenters. The standard InChI is InChI=1S/C13H17N3O2/c1-9-10(8-15-16-9)7-14-11-4-12(17-2)6-13(5-11)18-3/h4-6,8,14H,7H2,1-3H3,(H,15,16). The largest absolute Gasteiger partial charge is 0.497 e. The first kappa shape index (κ1) is 12.3. The van der Waals surface area contributed by atoms with E-state index in [9.17, 15) is 0 Å². The second-order valence-corrected chi connectivity index (χ2v) is 3.98. The second kappa shape index (κ2) is 5.44. The zero-order valence-electron chi connectivity index (χ0n) is 10.8. The number of H-pyrrole nitrogens is 1. The lowest BCUT2D eigenvalue weighted by Crippen LogP contribution is -2.00. The van der Waals surface area contributed by atoms with Crippen LogP contribution in [0.1, 0.15) is 11.3 Å². The van der Waals surface area contributed by atoms with E-state index < -0.39 is 0 Å². The van der Waals surface area contributed by atoms with E-state index in [1.54, 1.807) is 14.2 Å². The molecule has 0 spiro atoms. The van der Waals surface area contributed by atoms with Gasteiger partial charge in [0.15, 0.2) is 0 Å². The molecular weight excluding hydrogens is 230 g/mol. The highest BCUT2D eigenvalue weighted by Gasteiger charge is 2.03. The van der Waals surface area contributed by atoms with Crippen molar-refractivity contribution in [1.82, 2.24) is 10.2 Å². The first-order valence-electron chi connectivity index (χ1n) is 5.68. The van der Waals surface area contributed by atoms with Crippen molar-refractivity contribution >= 4 is 5.69 Å². The molecule has 0 amide bonds. The van der Waals surface area contributed by atoms with E-state index in [4.69, 9.17) is 9.47 Å². The van der Waals surface area contributed by atoms with Crippen molar-refractivity contribution < 1.29 is 9.47 Å². The summed E-state index contributed by atoms with van der Waals surface area (Å²) in [4.78, 5) is 0. The molecule has 0 bridgehead atoms. The molecule has 2 N–H and O–H groups in total. The summed E-state index contributed by atoms with van der Waals surface area (Å²) < 4.78 is 10.4. The summed E-state index contributed by atoms with van der Waals surface area (Å²) in [5, 5.41) is 10.2. The third-order valence-electron chi connectivity index (χ3n) is 2.77. The minimum Gasteiger partial charge on any atom is -0.497 e. The van der Waals surface area contributed by atoms with Crippen LogP contribution >= 0.6 is 0 Å². The highest BCUT2D eigenvalue weighted by Crippen LogP contribution is 2.26. The molecule has 0 fully saturated rings. The van der Waals surface area contributed by atoms with Crippen LogP contribution in [0, 0.1) is 6.92 Å². The lowest BCUT2D eigenvalue weighted by Gasteiger charge is -2.10. The van der Waals surface area contributed by atoms with Crippen LogP contribution in [-0.2, 0) is 6.54 Å². The number of hydrogen-bond acceptors (Lipinski definition) is 4. The Kier molecular flexibility index (Phi) is 3.72. The number of anilines is 1. The topological polar surface area (TPSA) is 59.2 Å². The van der Waals surface area contributed by atoms with E-state index in [0.717, 1.165) is 28.4 Å². The number of hydrogen-bond donors (Lipinski definition) is 2. The van der Waals surface area contributed by atoms with Gasteiger partial charge in [-0.05, 0) is 6.92 Å². The maximum absolute atomic E-state index is 5.22. The fraction of sp³-hybridized carbons (Fsp3) is 0.308. The quantitative estimate of drug-likeness (QED) is 0.851. The van der Waals surface area contributed by atoms with Crippen LogP contribution in [0.2, 0.25) is 0 Å². The Balaban J connectivity index is 2.11.